The van der Waals surface area contributed by atoms with Crippen molar-refractivity contribution in [3.05, 3.63) is 65.7 Å². The molecule has 1 unspecified atom stereocenters. The van der Waals surface area contributed by atoms with Crippen molar-refractivity contribution in [2.75, 3.05) is 6.54 Å². The Morgan fingerprint density at radius 1 is 1.00 bits per heavy atom. The molecule has 0 spiro atoms. The van der Waals surface area contributed by atoms with Crippen LogP contribution in [0.3, 0.4) is 0 Å². The van der Waals surface area contributed by atoms with Crippen LogP contribution in [0, 0.1) is 6.92 Å². The van der Waals surface area contributed by atoms with Crippen molar-refractivity contribution in [3.8, 4) is 0 Å². The van der Waals surface area contributed by atoms with Gasteiger partial charge in [0, 0.05) is 12.1 Å². The molecule has 1 heterocycles. The molecular weight excluding hydrogens is 330 g/mol. The fraction of sp³-hybridized carbons (Fsp3) is 0.429. The molecule has 1 aliphatic rings. The van der Waals surface area contributed by atoms with Crippen molar-refractivity contribution in [3.63, 3.8) is 0 Å². The molecule has 0 aliphatic carbocycles. The molecule has 2 aromatic rings. The molecule has 0 aromatic heterocycles. The number of benzene rings is 2. The lowest BCUT2D eigenvalue weighted by atomic mass is 9.85. The molecule has 1 saturated heterocycles. The zero-order valence-corrected chi connectivity index (χ0v) is 16.1. The molecule has 0 N–H and O–H groups in total. The summed E-state index contributed by atoms with van der Waals surface area (Å²) in [6.45, 7) is 6.74. The number of nitrogens with zero attached hydrogens (tertiary/aromatic N) is 1. The van der Waals surface area contributed by atoms with E-state index in [1.54, 1.807) is 16.4 Å². The zero-order chi connectivity index (χ0) is 18.1. The molecule has 3 rings (SSSR count). The van der Waals surface area contributed by atoms with Gasteiger partial charge in [0.2, 0.25) is 10.0 Å². The van der Waals surface area contributed by atoms with E-state index in [9.17, 15) is 8.42 Å². The fourth-order valence-corrected chi connectivity index (χ4v) is 6.00. The summed E-state index contributed by atoms with van der Waals surface area (Å²) in [4.78, 5) is 0.401. The molecule has 1 fully saturated rings. The Morgan fingerprint density at radius 2 is 1.60 bits per heavy atom. The largest absolute Gasteiger partial charge is 0.243 e. The first kappa shape index (κ1) is 18.2. The van der Waals surface area contributed by atoms with E-state index in [4.69, 9.17) is 0 Å². The number of aryl methyl sites for hydroxylation is 1. The predicted molar refractivity (Wildman–Crippen MR) is 102 cm³/mol. The van der Waals surface area contributed by atoms with Crippen LogP contribution in [0.1, 0.15) is 50.2 Å². The highest BCUT2D eigenvalue weighted by molar-refractivity contribution is 7.89. The summed E-state index contributed by atoms with van der Waals surface area (Å²) in [5.74, 6) is 0.251. The average Bonchev–Trinajstić information content (AvgIpc) is 3.04. The van der Waals surface area contributed by atoms with Gasteiger partial charge in [0.15, 0.2) is 0 Å². The molecule has 0 bridgehead atoms. The molecule has 2 aromatic carbocycles. The third-order valence-electron chi connectivity index (χ3n) is 5.74. The topological polar surface area (TPSA) is 37.4 Å². The van der Waals surface area contributed by atoms with E-state index in [0.717, 1.165) is 24.8 Å². The Morgan fingerprint density at radius 3 is 2.16 bits per heavy atom. The van der Waals surface area contributed by atoms with Crippen LogP contribution in [0.25, 0.3) is 0 Å². The first-order valence-electron chi connectivity index (χ1n) is 9.07. The standard InChI is InChI=1S/C21H27NO2S/c1-4-21(5-2)15-19(18-9-7-6-8-10-18)16-22(21)25(23,24)20-13-11-17(3)12-14-20/h6-14,19H,4-5,15-16H2,1-3H3. The van der Waals surface area contributed by atoms with Crippen molar-refractivity contribution in [1.82, 2.24) is 4.31 Å². The Hall–Kier alpha value is -1.65. The van der Waals surface area contributed by atoms with Gasteiger partial charge in [-0.1, -0.05) is 61.9 Å². The summed E-state index contributed by atoms with van der Waals surface area (Å²) in [6.07, 6.45) is 2.55. The second-order valence-electron chi connectivity index (χ2n) is 7.09. The zero-order valence-electron chi connectivity index (χ0n) is 15.3. The number of sulfonamides is 1. The Kier molecular flexibility index (Phi) is 5.03. The van der Waals surface area contributed by atoms with Crippen molar-refractivity contribution in [2.45, 2.75) is 56.4 Å². The SMILES string of the molecule is CCC1(CC)CC(c2ccccc2)CN1S(=O)(=O)c1ccc(C)cc1. The minimum Gasteiger partial charge on any atom is -0.207 e. The molecule has 25 heavy (non-hydrogen) atoms. The predicted octanol–water partition coefficient (Wildman–Crippen LogP) is 4.73. The van der Waals surface area contributed by atoms with Crippen molar-refractivity contribution in [1.29, 1.82) is 0 Å². The van der Waals surface area contributed by atoms with E-state index in [2.05, 4.69) is 26.0 Å². The molecule has 1 aliphatic heterocycles. The third kappa shape index (κ3) is 3.25. The van der Waals surface area contributed by atoms with Gasteiger partial charge in [0.05, 0.1) is 4.90 Å². The van der Waals surface area contributed by atoms with E-state index in [1.807, 2.05) is 37.3 Å². The molecule has 134 valence electrons. The summed E-state index contributed by atoms with van der Waals surface area (Å²) in [7, 11) is -3.49. The summed E-state index contributed by atoms with van der Waals surface area (Å²) >= 11 is 0. The van der Waals surface area contributed by atoms with Crippen LogP contribution in [0.4, 0.5) is 0 Å². The highest BCUT2D eigenvalue weighted by Crippen LogP contribution is 2.45. The summed E-state index contributed by atoms with van der Waals surface area (Å²) in [6, 6.07) is 17.5. The van der Waals surface area contributed by atoms with E-state index in [-0.39, 0.29) is 11.5 Å². The molecule has 0 amide bonds. The summed E-state index contributed by atoms with van der Waals surface area (Å²) in [5.41, 5.74) is 2.00. The molecule has 1 atom stereocenters. The molecule has 0 saturated carbocycles. The van der Waals surface area contributed by atoms with Crippen molar-refractivity contribution >= 4 is 10.0 Å². The van der Waals surface area contributed by atoms with E-state index < -0.39 is 10.0 Å². The van der Waals surface area contributed by atoms with Gasteiger partial charge in [0.25, 0.3) is 0 Å². The lowest BCUT2D eigenvalue weighted by Gasteiger charge is -2.36. The minimum absolute atomic E-state index is 0.251. The summed E-state index contributed by atoms with van der Waals surface area (Å²) in [5, 5.41) is 0. The van der Waals surface area contributed by atoms with E-state index in [1.165, 1.54) is 5.56 Å². The lowest BCUT2D eigenvalue weighted by molar-refractivity contribution is 0.223. The molecular formula is C21H27NO2S. The van der Waals surface area contributed by atoms with Crippen molar-refractivity contribution < 1.29 is 8.42 Å². The van der Waals surface area contributed by atoms with Gasteiger partial charge in [-0.05, 0) is 49.8 Å². The second kappa shape index (κ2) is 6.93. The van der Waals surface area contributed by atoms with Crippen LogP contribution in [-0.4, -0.2) is 24.8 Å². The van der Waals surface area contributed by atoms with Gasteiger partial charge in [-0.25, -0.2) is 8.42 Å². The van der Waals surface area contributed by atoms with Crippen LogP contribution in [0.2, 0.25) is 0 Å². The Bertz CT molecular complexity index is 809. The van der Waals surface area contributed by atoms with E-state index >= 15 is 0 Å². The van der Waals surface area contributed by atoms with Gasteiger partial charge in [0.1, 0.15) is 0 Å². The first-order chi connectivity index (χ1) is 11.9. The van der Waals surface area contributed by atoms with Crippen LogP contribution >= 0.6 is 0 Å². The van der Waals surface area contributed by atoms with E-state index in [0.29, 0.717) is 11.4 Å². The van der Waals surface area contributed by atoms with Gasteiger partial charge >= 0.3 is 0 Å². The van der Waals surface area contributed by atoms with Crippen molar-refractivity contribution in [2.24, 2.45) is 0 Å². The molecule has 3 nitrogen and oxygen atoms in total. The minimum atomic E-state index is -3.49. The number of hydrogen-bond donors (Lipinski definition) is 0. The monoisotopic (exact) mass is 357 g/mol. The third-order valence-corrected chi connectivity index (χ3v) is 7.72. The maximum absolute atomic E-state index is 13.4. The van der Waals surface area contributed by atoms with Crippen LogP contribution in [0.15, 0.2) is 59.5 Å². The number of hydrogen-bond acceptors (Lipinski definition) is 2. The van der Waals surface area contributed by atoms with Crippen LogP contribution in [-0.2, 0) is 10.0 Å². The average molecular weight is 358 g/mol. The van der Waals surface area contributed by atoms with Crippen LogP contribution < -0.4 is 0 Å². The maximum Gasteiger partial charge on any atom is 0.243 e. The Balaban J connectivity index is 2.01. The first-order valence-corrected chi connectivity index (χ1v) is 10.5. The van der Waals surface area contributed by atoms with Gasteiger partial charge in [-0.3, -0.25) is 0 Å². The smallest absolute Gasteiger partial charge is 0.207 e. The molecule has 4 heteroatoms. The Labute approximate surface area is 151 Å². The van der Waals surface area contributed by atoms with Gasteiger partial charge < -0.3 is 0 Å². The number of rotatable bonds is 5. The highest BCUT2D eigenvalue weighted by atomic mass is 32.2. The fourth-order valence-electron chi connectivity index (χ4n) is 4.05. The van der Waals surface area contributed by atoms with Gasteiger partial charge in [-0.2, -0.15) is 4.31 Å². The molecule has 0 radical (unpaired) electrons. The second-order valence-corrected chi connectivity index (χ2v) is 8.95. The normalized spacial score (nSPS) is 20.7. The lowest BCUT2D eigenvalue weighted by Crippen LogP contribution is -2.46. The van der Waals surface area contributed by atoms with Crippen LogP contribution in [0.5, 0.6) is 0 Å². The maximum atomic E-state index is 13.4. The highest BCUT2D eigenvalue weighted by Gasteiger charge is 2.49. The summed E-state index contributed by atoms with van der Waals surface area (Å²) < 4.78 is 28.5. The quantitative estimate of drug-likeness (QED) is 0.775. The van der Waals surface area contributed by atoms with Gasteiger partial charge in [-0.15, -0.1) is 0 Å².